The van der Waals surface area contributed by atoms with Crippen LogP contribution < -0.4 is 24.7 Å². The fraction of sp³-hybridized carbons (Fsp3) is 0.419. The lowest BCUT2D eigenvalue weighted by Crippen LogP contribution is -2.49. The Kier molecular flexibility index (Phi) is 10.1. The maximum absolute atomic E-state index is 13.7. The second kappa shape index (κ2) is 13.9. The molecule has 0 aliphatic carbocycles. The van der Waals surface area contributed by atoms with Crippen LogP contribution in [-0.4, -0.2) is 81.6 Å². The lowest BCUT2D eigenvalue weighted by molar-refractivity contribution is 0.0742. The van der Waals surface area contributed by atoms with E-state index in [-0.39, 0.29) is 11.3 Å². The fourth-order valence-corrected chi connectivity index (χ4v) is 5.07. The molecule has 2 aromatic carbocycles. The van der Waals surface area contributed by atoms with E-state index < -0.39 is 11.5 Å². The summed E-state index contributed by atoms with van der Waals surface area (Å²) in [6, 6.07) is 13.1. The van der Waals surface area contributed by atoms with Crippen LogP contribution in [0.25, 0.3) is 11.1 Å². The van der Waals surface area contributed by atoms with E-state index in [1.54, 1.807) is 30.2 Å². The summed E-state index contributed by atoms with van der Waals surface area (Å²) in [4.78, 5) is 33.6. The van der Waals surface area contributed by atoms with E-state index in [1.807, 2.05) is 31.2 Å². The van der Waals surface area contributed by atoms with Gasteiger partial charge in [0.25, 0.3) is 11.5 Å². The molecule has 2 heterocycles. The molecule has 1 aliphatic rings. The predicted octanol–water partition coefficient (Wildman–Crippen LogP) is 4.09. The molecule has 10 nitrogen and oxygen atoms in total. The lowest BCUT2D eigenvalue weighted by atomic mass is 9.95. The molecule has 41 heavy (non-hydrogen) atoms. The number of unbranched alkanes of at least 4 members (excludes halogenated alkanes) is 1. The van der Waals surface area contributed by atoms with Gasteiger partial charge in [-0.3, -0.25) is 9.59 Å². The Morgan fingerprint density at radius 1 is 0.927 bits per heavy atom. The number of hydrogen-bond donors (Lipinski definition) is 2. The zero-order chi connectivity index (χ0) is 29.4. The number of benzene rings is 2. The van der Waals surface area contributed by atoms with Gasteiger partial charge in [0, 0.05) is 44.7 Å². The van der Waals surface area contributed by atoms with Crippen LogP contribution in [0.5, 0.6) is 23.0 Å². The van der Waals surface area contributed by atoms with Gasteiger partial charge in [0.2, 0.25) is 0 Å². The number of carbonyl (C=O) groups is 1. The number of amides is 1. The number of piperazine rings is 1. The molecule has 0 spiro atoms. The van der Waals surface area contributed by atoms with Crippen LogP contribution in [0.3, 0.4) is 0 Å². The predicted molar refractivity (Wildman–Crippen MR) is 158 cm³/mol. The number of aromatic nitrogens is 1. The van der Waals surface area contributed by atoms with Crippen molar-refractivity contribution < 1.29 is 28.8 Å². The van der Waals surface area contributed by atoms with Crippen LogP contribution in [0.1, 0.15) is 35.8 Å². The minimum atomic E-state index is -0.609. The van der Waals surface area contributed by atoms with Gasteiger partial charge in [0.05, 0.1) is 32.0 Å². The number of nitrogens with one attached hydrogen (secondary N) is 1. The summed E-state index contributed by atoms with van der Waals surface area (Å²) < 4.78 is 21.8. The summed E-state index contributed by atoms with van der Waals surface area (Å²) in [7, 11) is 4.69. The summed E-state index contributed by atoms with van der Waals surface area (Å²) in [5.41, 5.74) is 1.51. The van der Waals surface area contributed by atoms with Gasteiger partial charge < -0.3 is 38.8 Å². The van der Waals surface area contributed by atoms with Crippen molar-refractivity contribution in [1.29, 1.82) is 0 Å². The normalized spacial score (nSPS) is 13.3. The highest BCUT2D eigenvalue weighted by Crippen LogP contribution is 2.44. The number of rotatable bonds is 12. The molecule has 1 aromatic heterocycles. The van der Waals surface area contributed by atoms with Crippen LogP contribution in [0.2, 0.25) is 0 Å². The molecule has 0 atom stereocenters. The molecule has 220 valence electrons. The van der Waals surface area contributed by atoms with Crippen LogP contribution >= 0.6 is 0 Å². The number of pyridine rings is 1. The summed E-state index contributed by atoms with van der Waals surface area (Å²) in [5, 5.41) is 11.6. The van der Waals surface area contributed by atoms with Crippen molar-refractivity contribution in [3.05, 3.63) is 64.1 Å². The van der Waals surface area contributed by atoms with Gasteiger partial charge in [0.1, 0.15) is 35.2 Å². The Labute approximate surface area is 240 Å². The minimum absolute atomic E-state index is 0.279. The summed E-state index contributed by atoms with van der Waals surface area (Å²) in [6.07, 6.45) is 2.19. The Hall–Kier alpha value is -4.18. The zero-order valence-electron chi connectivity index (χ0n) is 24.2. The Morgan fingerprint density at radius 3 is 2.17 bits per heavy atom. The zero-order valence-corrected chi connectivity index (χ0v) is 24.2. The SMILES string of the molecule is CCCCc1[nH]c(=O)c(C(=O)N2CCN(c3ccc(OCCOC)cc3)CC2)c(O)c1-c1c(OC)cccc1OC. The molecule has 10 heteroatoms. The van der Waals surface area contributed by atoms with Gasteiger partial charge in [-0.15, -0.1) is 0 Å². The van der Waals surface area contributed by atoms with E-state index >= 15 is 0 Å². The Balaban J connectivity index is 1.60. The number of nitrogens with zero attached hydrogens (tertiary/aromatic N) is 2. The first-order valence-electron chi connectivity index (χ1n) is 13.9. The number of carbonyl (C=O) groups excluding carboxylic acids is 1. The molecule has 1 amide bonds. The van der Waals surface area contributed by atoms with Crippen molar-refractivity contribution >= 4 is 11.6 Å². The molecule has 0 bridgehead atoms. The first kappa shape index (κ1) is 29.8. The molecule has 2 N–H and O–H groups in total. The van der Waals surface area contributed by atoms with Crippen molar-refractivity contribution in [2.75, 3.05) is 65.6 Å². The standard InChI is InChI=1S/C31H39N3O7/c1-5-6-8-23-26(27-24(39-3)9-7-10-25(27)40-4)29(35)28(30(36)32-23)31(37)34-17-15-33(16-18-34)21-11-13-22(14-12-21)41-20-19-38-2/h7,9-14H,5-6,8,15-20H2,1-4H3,(H2,32,35,36). The third kappa shape index (κ3) is 6.59. The highest BCUT2D eigenvalue weighted by Gasteiger charge is 2.31. The number of aromatic hydroxyl groups is 1. The average molecular weight is 566 g/mol. The quantitative estimate of drug-likeness (QED) is 0.316. The van der Waals surface area contributed by atoms with E-state index in [2.05, 4.69) is 9.88 Å². The van der Waals surface area contributed by atoms with Gasteiger partial charge in [-0.25, -0.2) is 0 Å². The molecular weight excluding hydrogens is 526 g/mol. The average Bonchev–Trinajstić information content (AvgIpc) is 3.00. The van der Waals surface area contributed by atoms with E-state index in [0.717, 1.165) is 24.3 Å². The summed E-state index contributed by atoms with van der Waals surface area (Å²) in [6.45, 7) is 5.00. The topological polar surface area (TPSA) is 114 Å². The fourth-order valence-electron chi connectivity index (χ4n) is 5.07. The molecule has 1 saturated heterocycles. The molecule has 1 aliphatic heterocycles. The number of ether oxygens (including phenoxy) is 4. The van der Waals surface area contributed by atoms with Gasteiger partial charge >= 0.3 is 0 Å². The van der Waals surface area contributed by atoms with Crippen molar-refractivity contribution in [2.45, 2.75) is 26.2 Å². The number of hydrogen-bond acceptors (Lipinski definition) is 8. The van der Waals surface area contributed by atoms with Crippen LogP contribution in [-0.2, 0) is 11.2 Å². The number of H-pyrrole nitrogens is 1. The Morgan fingerprint density at radius 2 is 1.59 bits per heavy atom. The summed E-state index contributed by atoms with van der Waals surface area (Å²) in [5.74, 6) is 0.818. The van der Waals surface area contributed by atoms with E-state index in [0.29, 0.717) is 74.1 Å². The molecular formula is C31H39N3O7. The highest BCUT2D eigenvalue weighted by atomic mass is 16.5. The first-order chi connectivity index (χ1) is 19.9. The largest absolute Gasteiger partial charge is 0.506 e. The highest BCUT2D eigenvalue weighted by molar-refractivity contribution is 6.00. The van der Waals surface area contributed by atoms with Gasteiger partial charge in [-0.2, -0.15) is 0 Å². The minimum Gasteiger partial charge on any atom is -0.506 e. The third-order valence-electron chi connectivity index (χ3n) is 7.26. The van der Waals surface area contributed by atoms with E-state index in [4.69, 9.17) is 18.9 Å². The van der Waals surface area contributed by atoms with Crippen molar-refractivity contribution in [3.8, 4) is 34.1 Å². The first-order valence-corrected chi connectivity index (χ1v) is 13.9. The van der Waals surface area contributed by atoms with Gasteiger partial charge in [-0.05, 0) is 49.2 Å². The van der Waals surface area contributed by atoms with Gasteiger partial charge in [0.15, 0.2) is 0 Å². The number of methoxy groups -OCH3 is 3. The van der Waals surface area contributed by atoms with Crippen LogP contribution in [0, 0.1) is 0 Å². The molecule has 0 radical (unpaired) electrons. The van der Waals surface area contributed by atoms with Crippen LogP contribution in [0.15, 0.2) is 47.3 Å². The van der Waals surface area contributed by atoms with Crippen molar-refractivity contribution in [1.82, 2.24) is 9.88 Å². The van der Waals surface area contributed by atoms with Crippen LogP contribution in [0.4, 0.5) is 5.69 Å². The van der Waals surface area contributed by atoms with Crippen molar-refractivity contribution in [2.24, 2.45) is 0 Å². The second-order valence-corrected chi connectivity index (χ2v) is 9.79. The molecule has 0 unspecified atom stereocenters. The van der Waals surface area contributed by atoms with Gasteiger partial charge in [-0.1, -0.05) is 19.4 Å². The number of aryl methyl sites for hydroxylation is 1. The van der Waals surface area contributed by atoms with E-state index in [9.17, 15) is 14.7 Å². The maximum Gasteiger partial charge on any atom is 0.264 e. The smallest absolute Gasteiger partial charge is 0.264 e. The molecule has 1 fully saturated rings. The molecule has 3 aromatic rings. The monoisotopic (exact) mass is 565 g/mol. The second-order valence-electron chi connectivity index (χ2n) is 9.79. The Bertz CT molecular complexity index is 1360. The van der Waals surface area contributed by atoms with Crippen molar-refractivity contribution in [3.63, 3.8) is 0 Å². The number of aromatic amines is 1. The number of anilines is 1. The maximum atomic E-state index is 13.7. The molecule has 4 rings (SSSR count). The lowest BCUT2D eigenvalue weighted by Gasteiger charge is -2.36. The molecule has 0 saturated carbocycles. The summed E-state index contributed by atoms with van der Waals surface area (Å²) >= 11 is 0. The third-order valence-corrected chi connectivity index (χ3v) is 7.26. The van der Waals surface area contributed by atoms with E-state index in [1.165, 1.54) is 14.2 Å².